The van der Waals surface area contributed by atoms with E-state index in [0.29, 0.717) is 6.54 Å². The number of nitrogens with one attached hydrogen (secondary N) is 1. The van der Waals surface area contributed by atoms with Crippen LogP contribution in [-0.2, 0) is 6.42 Å². The van der Waals surface area contributed by atoms with E-state index < -0.39 is 0 Å². The fourth-order valence-corrected chi connectivity index (χ4v) is 3.14. The Bertz CT molecular complexity index is 673. The van der Waals surface area contributed by atoms with Crippen molar-refractivity contribution in [3.63, 3.8) is 0 Å². The molecule has 0 aliphatic rings. The van der Waals surface area contributed by atoms with Gasteiger partial charge in [0.2, 0.25) is 5.13 Å². The van der Waals surface area contributed by atoms with Crippen LogP contribution in [0, 0.1) is 0 Å². The summed E-state index contributed by atoms with van der Waals surface area (Å²) in [4.78, 5) is 17.0. The van der Waals surface area contributed by atoms with Gasteiger partial charge in [-0.2, -0.15) is 5.10 Å². The van der Waals surface area contributed by atoms with Crippen LogP contribution < -0.4 is 5.32 Å². The van der Waals surface area contributed by atoms with Gasteiger partial charge < -0.3 is 5.32 Å². The zero-order valence-corrected chi connectivity index (χ0v) is 12.2. The van der Waals surface area contributed by atoms with Gasteiger partial charge in [-0.1, -0.05) is 6.07 Å². The maximum atomic E-state index is 11.8. The second-order valence-electron chi connectivity index (χ2n) is 4.06. The Morgan fingerprint density at radius 1 is 1.35 bits per heavy atom. The van der Waals surface area contributed by atoms with Crippen molar-refractivity contribution in [2.45, 2.75) is 6.42 Å². The van der Waals surface area contributed by atoms with Crippen LogP contribution in [-0.4, -0.2) is 27.2 Å². The summed E-state index contributed by atoms with van der Waals surface area (Å²) in [5.74, 6) is -0.0254. The Balaban J connectivity index is 1.53. The van der Waals surface area contributed by atoms with Crippen molar-refractivity contribution in [1.29, 1.82) is 0 Å². The summed E-state index contributed by atoms with van der Waals surface area (Å²) in [6.45, 7) is 0.582. The number of hydrogen-bond acceptors (Lipinski definition) is 5. The Labute approximate surface area is 123 Å². The SMILES string of the molecule is O=C(NCCc1csc(-n2cccn2)n1)c1cccs1. The number of carbonyl (C=O) groups excluding carboxylic acids is 1. The lowest BCUT2D eigenvalue weighted by atomic mass is 10.3. The van der Waals surface area contributed by atoms with E-state index in [1.807, 2.05) is 35.2 Å². The van der Waals surface area contributed by atoms with E-state index in [1.54, 1.807) is 22.2 Å². The topological polar surface area (TPSA) is 59.8 Å². The largest absolute Gasteiger partial charge is 0.351 e. The fourth-order valence-electron chi connectivity index (χ4n) is 1.70. The van der Waals surface area contributed by atoms with Crippen molar-refractivity contribution in [2.24, 2.45) is 0 Å². The molecule has 0 atom stereocenters. The van der Waals surface area contributed by atoms with E-state index in [4.69, 9.17) is 0 Å². The van der Waals surface area contributed by atoms with Gasteiger partial charge in [0, 0.05) is 30.7 Å². The summed E-state index contributed by atoms with van der Waals surface area (Å²) in [5, 5.41) is 11.8. The van der Waals surface area contributed by atoms with E-state index in [2.05, 4.69) is 15.4 Å². The molecule has 1 N–H and O–H groups in total. The molecule has 3 aromatic heterocycles. The maximum absolute atomic E-state index is 11.8. The van der Waals surface area contributed by atoms with Crippen molar-refractivity contribution < 1.29 is 4.79 Å². The van der Waals surface area contributed by atoms with E-state index in [-0.39, 0.29) is 5.91 Å². The molecule has 0 unspecified atom stereocenters. The van der Waals surface area contributed by atoms with Crippen LogP contribution in [0.5, 0.6) is 0 Å². The van der Waals surface area contributed by atoms with Gasteiger partial charge in [-0.05, 0) is 17.5 Å². The van der Waals surface area contributed by atoms with Gasteiger partial charge >= 0.3 is 0 Å². The van der Waals surface area contributed by atoms with Crippen LogP contribution in [0.15, 0.2) is 41.4 Å². The zero-order valence-electron chi connectivity index (χ0n) is 10.5. The molecule has 102 valence electrons. The molecule has 0 radical (unpaired) electrons. The Hall–Kier alpha value is -1.99. The van der Waals surface area contributed by atoms with Gasteiger partial charge in [0.1, 0.15) is 0 Å². The summed E-state index contributed by atoms with van der Waals surface area (Å²) in [6, 6.07) is 5.55. The second kappa shape index (κ2) is 5.98. The normalized spacial score (nSPS) is 10.6. The first kappa shape index (κ1) is 13.0. The molecule has 5 nitrogen and oxygen atoms in total. The molecule has 3 rings (SSSR count). The number of thiophene rings is 1. The summed E-state index contributed by atoms with van der Waals surface area (Å²) >= 11 is 2.99. The third-order valence-corrected chi connectivity index (χ3v) is 4.40. The number of aromatic nitrogens is 3. The Kier molecular flexibility index (Phi) is 3.89. The van der Waals surface area contributed by atoms with Crippen molar-refractivity contribution >= 4 is 28.6 Å². The van der Waals surface area contributed by atoms with E-state index in [0.717, 1.165) is 22.1 Å². The number of hydrogen-bond donors (Lipinski definition) is 1. The number of nitrogens with zero attached hydrogens (tertiary/aromatic N) is 3. The van der Waals surface area contributed by atoms with Crippen molar-refractivity contribution in [2.75, 3.05) is 6.54 Å². The smallest absolute Gasteiger partial charge is 0.261 e. The minimum Gasteiger partial charge on any atom is -0.351 e. The molecule has 0 aliphatic heterocycles. The molecule has 20 heavy (non-hydrogen) atoms. The first-order valence-corrected chi connectivity index (χ1v) is 7.85. The quantitative estimate of drug-likeness (QED) is 0.787. The minimum absolute atomic E-state index is 0.0254. The predicted molar refractivity (Wildman–Crippen MR) is 79.6 cm³/mol. The summed E-state index contributed by atoms with van der Waals surface area (Å²) < 4.78 is 1.73. The van der Waals surface area contributed by atoms with E-state index >= 15 is 0 Å². The minimum atomic E-state index is -0.0254. The van der Waals surface area contributed by atoms with Gasteiger partial charge in [0.15, 0.2) is 0 Å². The molecule has 1 amide bonds. The first-order valence-electron chi connectivity index (χ1n) is 6.09. The monoisotopic (exact) mass is 304 g/mol. The van der Waals surface area contributed by atoms with E-state index in [1.165, 1.54) is 11.3 Å². The van der Waals surface area contributed by atoms with Crippen molar-refractivity contribution in [3.05, 3.63) is 51.9 Å². The predicted octanol–water partition coefficient (Wildman–Crippen LogP) is 2.36. The molecule has 0 bridgehead atoms. The molecule has 0 saturated heterocycles. The van der Waals surface area contributed by atoms with Crippen LogP contribution in [0.3, 0.4) is 0 Å². The number of thiazole rings is 1. The lowest BCUT2D eigenvalue weighted by Gasteiger charge is -2.01. The molecular weight excluding hydrogens is 292 g/mol. The molecule has 0 aliphatic carbocycles. The average Bonchev–Trinajstić information content (AvgIpc) is 3.20. The van der Waals surface area contributed by atoms with E-state index in [9.17, 15) is 4.79 Å². The molecular formula is C13H12N4OS2. The van der Waals surface area contributed by atoms with Crippen LogP contribution >= 0.6 is 22.7 Å². The number of carbonyl (C=O) groups is 1. The van der Waals surface area contributed by atoms with Gasteiger partial charge in [0.25, 0.3) is 5.91 Å². The first-order chi connectivity index (χ1) is 9.83. The highest BCUT2D eigenvalue weighted by Gasteiger charge is 2.07. The average molecular weight is 304 g/mol. The molecule has 0 saturated carbocycles. The summed E-state index contributed by atoms with van der Waals surface area (Å²) in [5.41, 5.74) is 0.965. The van der Waals surface area contributed by atoms with Gasteiger partial charge in [-0.3, -0.25) is 4.79 Å². The summed E-state index contributed by atoms with van der Waals surface area (Å²) in [7, 11) is 0. The van der Waals surface area contributed by atoms with Crippen molar-refractivity contribution in [3.8, 4) is 5.13 Å². The molecule has 0 fully saturated rings. The van der Waals surface area contributed by atoms with Crippen LogP contribution in [0.4, 0.5) is 0 Å². The highest BCUT2D eigenvalue weighted by Crippen LogP contribution is 2.14. The molecule has 3 aromatic rings. The Morgan fingerprint density at radius 3 is 3.05 bits per heavy atom. The summed E-state index contributed by atoms with van der Waals surface area (Å²) in [6.07, 6.45) is 4.30. The lowest BCUT2D eigenvalue weighted by Crippen LogP contribution is -2.24. The van der Waals surface area contributed by atoms with Crippen molar-refractivity contribution in [1.82, 2.24) is 20.1 Å². The fraction of sp³-hybridized carbons (Fsp3) is 0.154. The number of amides is 1. The van der Waals surface area contributed by atoms with Gasteiger partial charge in [-0.25, -0.2) is 9.67 Å². The van der Waals surface area contributed by atoms with Gasteiger partial charge in [-0.15, -0.1) is 22.7 Å². The van der Waals surface area contributed by atoms with Crippen LogP contribution in [0.25, 0.3) is 5.13 Å². The van der Waals surface area contributed by atoms with Gasteiger partial charge in [0.05, 0.1) is 10.6 Å². The number of rotatable bonds is 5. The lowest BCUT2D eigenvalue weighted by molar-refractivity contribution is 0.0958. The van der Waals surface area contributed by atoms with Crippen LogP contribution in [0.2, 0.25) is 0 Å². The third-order valence-electron chi connectivity index (χ3n) is 2.65. The zero-order chi connectivity index (χ0) is 13.8. The highest BCUT2D eigenvalue weighted by atomic mass is 32.1. The molecule has 3 heterocycles. The standard InChI is InChI=1S/C13H12N4OS2/c18-12(11-3-1-8-19-11)14-6-4-10-9-20-13(16-10)17-7-2-5-15-17/h1-3,5,7-9H,4,6H2,(H,14,18). The molecule has 0 aromatic carbocycles. The molecule has 7 heteroatoms. The second-order valence-corrected chi connectivity index (χ2v) is 5.84. The Morgan fingerprint density at radius 2 is 2.30 bits per heavy atom. The molecule has 0 spiro atoms. The maximum Gasteiger partial charge on any atom is 0.261 e. The third kappa shape index (κ3) is 2.94. The van der Waals surface area contributed by atoms with Crippen LogP contribution in [0.1, 0.15) is 15.4 Å². The highest BCUT2D eigenvalue weighted by molar-refractivity contribution is 7.12.